The molecular formula is C22H22N4O4. The Kier molecular flexibility index (Phi) is 6.83. The Bertz CT molecular complexity index is 1030. The Hall–Kier alpha value is -4.07. The number of carbonyl (C=O) groups is 3. The number of anilines is 2. The van der Waals surface area contributed by atoms with Crippen LogP contribution in [0.5, 0.6) is 0 Å². The maximum absolute atomic E-state index is 12.3. The van der Waals surface area contributed by atoms with E-state index in [2.05, 4.69) is 21.3 Å². The van der Waals surface area contributed by atoms with Gasteiger partial charge in [-0.3, -0.25) is 14.4 Å². The summed E-state index contributed by atoms with van der Waals surface area (Å²) < 4.78 is 5.19. The fourth-order valence-corrected chi connectivity index (χ4v) is 2.72. The van der Waals surface area contributed by atoms with Crippen molar-refractivity contribution in [2.24, 2.45) is 0 Å². The van der Waals surface area contributed by atoms with Crippen LogP contribution in [0.25, 0.3) is 0 Å². The largest absolute Gasteiger partial charge is 0.467 e. The molecule has 0 fully saturated rings. The average Bonchev–Trinajstić information content (AvgIpc) is 3.29. The Morgan fingerprint density at radius 3 is 2.27 bits per heavy atom. The first kappa shape index (κ1) is 20.7. The topological polar surface area (TPSA) is 112 Å². The first-order valence-corrected chi connectivity index (χ1v) is 9.31. The molecule has 154 valence electrons. The highest BCUT2D eigenvalue weighted by Crippen LogP contribution is 2.13. The van der Waals surface area contributed by atoms with Gasteiger partial charge in [0.05, 0.1) is 19.4 Å². The first-order valence-electron chi connectivity index (χ1n) is 9.31. The molecule has 30 heavy (non-hydrogen) atoms. The summed E-state index contributed by atoms with van der Waals surface area (Å²) in [4.78, 5) is 36.2. The minimum absolute atomic E-state index is 0.00607. The van der Waals surface area contributed by atoms with Gasteiger partial charge < -0.3 is 25.7 Å². The Morgan fingerprint density at radius 1 is 0.867 bits per heavy atom. The quantitative estimate of drug-likeness (QED) is 0.459. The van der Waals surface area contributed by atoms with E-state index in [1.807, 2.05) is 0 Å². The highest BCUT2D eigenvalue weighted by Gasteiger charge is 2.09. The predicted molar refractivity (Wildman–Crippen MR) is 113 cm³/mol. The van der Waals surface area contributed by atoms with Gasteiger partial charge in [-0.2, -0.15) is 0 Å². The molecule has 8 heteroatoms. The molecule has 4 N–H and O–H groups in total. The number of hydrogen-bond donors (Lipinski definition) is 4. The number of furan rings is 1. The molecule has 8 nitrogen and oxygen atoms in total. The highest BCUT2D eigenvalue weighted by molar-refractivity contribution is 5.98. The minimum atomic E-state index is -0.284. The fraction of sp³-hybridized carbons (Fsp3) is 0.136. The second-order valence-corrected chi connectivity index (χ2v) is 6.40. The van der Waals surface area contributed by atoms with Crippen molar-refractivity contribution in [1.29, 1.82) is 0 Å². The summed E-state index contributed by atoms with van der Waals surface area (Å²) in [6.45, 7) is 0.285. The zero-order valence-corrected chi connectivity index (χ0v) is 16.4. The lowest BCUT2D eigenvalue weighted by atomic mass is 10.2. The maximum atomic E-state index is 12.3. The summed E-state index contributed by atoms with van der Waals surface area (Å²) in [5, 5.41) is 11.0. The molecule has 2 aromatic carbocycles. The first-order chi connectivity index (χ1) is 14.5. The minimum Gasteiger partial charge on any atom is -0.467 e. The maximum Gasteiger partial charge on any atom is 0.251 e. The van der Waals surface area contributed by atoms with E-state index in [0.29, 0.717) is 28.3 Å². The molecule has 0 saturated heterocycles. The molecule has 3 amide bonds. The van der Waals surface area contributed by atoms with Crippen LogP contribution in [0.3, 0.4) is 0 Å². The van der Waals surface area contributed by atoms with Crippen LogP contribution >= 0.6 is 0 Å². The van der Waals surface area contributed by atoms with E-state index >= 15 is 0 Å². The van der Waals surface area contributed by atoms with Gasteiger partial charge in [-0.25, -0.2) is 0 Å². The van der Waals surface area contributed by atoms with Crippen LogP contribution in [-0.2, 0) is 11.3 Å². The van der Waals surface area contributed by atoms with Crippen LogP contribution in [0, 0.1) is 0 Å². The van der Waals surface area contributed by atoms with Gasteiger partial charge in [0.15, 0.2) is 0 Å². The van der Waals surface area contributed by atoms with Crippen LogP contribution < -0.4 is 21.3 Å². The second-order valence-electron chi connectivity index (χ2n) is 6.40. The molecule has 0 radical (unpaired) electrons. The highest BCUT2D eigenvalue weighted by atomic mass is 16.3. The molecular weight excluding hydrogens is 384 g/mol. The van der Waals surface area contributed by atoms with E-state index in [1.54, 1.807) is 74.0 Å². The summed E-state index contributed by atoms with van der Waals surface area (Å²) in [5.41, 5.74) is 2.07. The van der Waals surface area contributed by atoms with Gasteiger partial charge in [-0.05, 0) is 48.5 Å². The van der Waals surface area contributed by atoms with Crippen LogP contribution in [0.2, 0.25) is 0 Å². The standard InChI is InChI=1S/C22H22N4O4/c1-23-21(28)15-5-2-7-17(11-15)24-14-20(27)26-18-8-3-6-16(12-18)22(29)25-13-19-9-4-10-30-19/h2-12,24H,13-14H2,1H3,(H,23,28)(H,25,29)(H,26,27). The van der Waals surface area contributed by atoms with Gasteiger partial charge >= 0.3 is 0 Å². The van der Waals surface area contributed by atoms with Crippen molar-refractivity contribution in [2.45, 2.75) is 6.54 Å². The van der Waals surface area contributed by atoms with Crippen molar-refractivity contribution < 1.29 is 18.8 Å². The van der Waals surface area contributed by atoms with E-state index in [4.69, 9.17) is 4.42 Å². The molecule has 3 rings (SSSR count). The molecule has 1 aromatic heterocycles. The van der Waals surface area contributed by atoms with Gasteiger partial charge in [0, 0.05) is 29.5 Å². The SMILES string of the molecule is CNC(=O)c1cccc(NCC(=O)Nc2cccc(C(=O)NCc3ccco3)c2)c1. The van der Waals surface area contributed by atoms with Crippen LogP contribution in [-0.4, -0.2) is 31.3 Å². The third kappa shape index (κ3) is 5.71. The van der Waals surface area contributed by atoms with Crippen molar-refractivity contribution in [3.05, 3.63) is 83.8 Å². The molecule has 1 heterocycles. The second kappa shape index (κ2) is 9.92. The van der Waals surface area contributed by atoms with Crippen LogP contribution in [0.1, 0.15) is 26.5 Å². The summed E-state index contributed by atoms with van der Waals surface area (Å²) >= 11 is 0. The van der Waals surface area contributed by atoms with Crippen molar-refractivity contribution in [2.75, 3.05) is 24.2 Å². The molecule has 0 unspecified atom stereocenters. The fourth-order valence-electron chi connectivity index (χ4n) is 2.72. The summed E-state index contributed by atoms with van der Waals surface area (Å²) in [6.07, 6.45) is 1.54. The summed E-state index contributed by atoms with van der Waals surface area (Å²) in [7, 11) is 1.56. The predicted octanol–water partition coefficient (Wildman–Crippen LogP) is 2.62. The van der Waals surface area contributed by atoms with Gasteiger partial charge in [-0.1, -0.05) is 12.1 Å². The van der Waals surface area contributed by atoms with Crippen molar-refractivity contribution in [1.82, 2.24) is 10.6 Å². The van der Waals surface area contributed by atoms with E-state index in [-0.39, 0.29) is 30.8 Å². The van der Waals surface area contributed by atoms with E-state index in [9.17, 15) is 14.4 Å². The molecule has 0 aliphatic rings. The van der Waals surface area contributed by atoms with Crippen LogP contribution in [0.4, 0.5) is 11.4 Å². The summed E-state index contributed by atoms with van der Waals surface area (Å²) in [6, 6.07) is 17.0. The van der Waals surface area contributed by atoms with Gasteiger partial charge in [0.2, 0.25) is 5.91 Å². The Labute approximate surface area is 173 Å². The smallest absolute Gasteiger partial charge is 0.251 e. The van der Waals surface area contributed by atoms with Crippen molar-refractivity contribution in [3.63, 3.8) is 0 Å². The van der Waals surface area contributed by atoms with Gasteiger partial charge in [0.1, 0.15) is 5.76 Å². The number of carbonyl (C=O) groups excluding carboxylic acids is 3. The van der Waals surface area contributed by atoms with E-state index in [1.165, 1.54) is 0 Å². The van der Waals surface area contributed by atoms with Crippen LogP contribution in [0.15, 0.2) is 71.3 Å². The number of benzene rings is 2. The lowest BCUT2D eigenvalue weighted by Crippen LogP contribution is -2.24. The third-order valence-corrected chi connectivity index (χ3v) is 4.22. The van der Waals surface area contributed by atoms with E-state index < -0.39 is 0 Å². The molecule has 0 atom stereocenters. The molecule has 0 bridgehead atoms. The number of amides is 3. The average molecular weight is 406 g/mol. The number of hydrogen-bond acceptors (Lipinski definition) is 5. The molecule has 3 aromatic rings. The molecule has 0 saturated carbocycles. The van der Waals surface area contributed by atoms with E-state index in [0.717, 1.165) is 0 Å². The monoisotopic (exact) mass is 406 g/mol. The third-order valence-electron chi connectivity index (χ3n) is 4.22. The van der Waals surface area contributed by atoms with Crippen molar-refractivity contribution >= 4 is 29.1 Å². The summed E-state index contributed by atoms with van der Waals surface area (Å²) in [5.74, 6) is -0.107. The normalized spacial score (nSPS) is 10.2. The number of rotatable bonds is 8. The zero-order chi connectivity index (χ0) is 21.3. The molecule has 0 aliphatic heterocycles. The zero-order valence-electron chi connectivity index (χ0n) is 16.4. The molecule has 0 aliphatic carbocycles. The van der Waals surface area contributed by atoms with Gasteiger partial charge in [-0.15, -0.1) is 0 Å². The Balaban J connectivity index is 1.53. The Morgan fingerprint density at radius 2 is 1.57 bits per heavy atom. The lowest BCUT2D eigenvalue weighted by molar-refractivity contribution is -0.114. The van der Waals surface area contributed by atoms with Gasteiger partial charge in [0.25, 0.3) is 11.8 Å². The lowest BCUT2D eigenvalue weighted by Gasteiger charge is -2.10. The molecule has 0 spiro atoms. The van der Waals surface area contributed by atoms with Crippen molar-refractivity contribution in [3.8, 4) is 0 Å². The number of nitrogens with one attached hydrogen (secondary N) is 4.